The molecule has 0 bridgehead atoms. The van der Waals surface area contributed by atoms with Gasteiger partial charge in [0.15, 0.2) is 11.5 Å². The van der Waals surface area contributed by atoms with Gasteiger partial charge in [-0.15, -0.1) is 0 Å². The molecular formula is C19H21BrClNO4. The molecule has 0 atom stereocenters. The summed E-state index contributed by atoms with van der Waals surface area (Å²) in [5, 5.41) is 3.45. The summed E-state index contributed by atoms with van der Waals surface area (Å²) in [6, 6.07) is 11.0. The van der Waals surface area contributed by atoms with E-state index in [1.807, 2.05) is 24.3 Å². The molecule has 0 unspecified atom stereocenters. The van der Waals surface area contributed by atoms with E-state index in [9.17, 15) is 4.79 Å². The lowest BCUT2D eigenvalue weighted by atomic mass is 10.2. The fourth-order valence-corrected chi connectivity index (χ4v) is 3.18. The van der Waals surface area contributed by atoms with Gasteiger partial charge in [0.1, 0.15) is 5.75 Å². The van der Waals surface area contributed by atoms with E-state index < -0.39 is 0 Å². The lowest BCUT2D eigenvalue weighted by Crippen LogP contribution is -2.23. The van der Waals surface area contributed by atoms with Crippen molar-refractivity contribution in [1.82, 2.24) is 5.32 Å². The summed E-state index contributed by atoms with van der Waals surface area (Å²) in [6.07, 6.45) is 0.978. The number of nitrogens with one attached hydrogen (secondary N) is 1. The largest absolute Gasteiger partial charge is 0.493 e. The molecule has 0 fully saturated rings. The molecule has 2 aromatic carbocycles. The van der Waals surface area contributed by atoms with Gasteiger partial charge in [0, 0.05) is 13.0 Å². The fraction of sp³-hybridized carbons (Fsp3) is 0.316. The van der Waals surface area contributed by atoms with E-state index in [1.54, 1.807) is 26.4 Å². The molecule has 26 heavy (non-hydrogen) atoms. The Bertz CT molecular complexity index is 754. The second-order valence-corrected chi connectivity index (χ2v) is 6.73. The zero-order valence-electron chi connectivity index (χ0n) is 14.7. The number of carbonyl (C=O) groups excluding carboxylic acids is 1. The third-order valence-electron chi connectivity index (χ3n) is 3.63. The van der Waals surface area contributed by atoms with Crippen molar-refractivity contribution < 1.29 is 19.0 Å². The van der Waals surface area contributed by atoms with E-state index in [2.05, 4.69) is 21.2 Å². The molecule has 1 N–H and O–H groups in total. The molecule has 2 rings (SSSR count). The van der Waals surface area contributed by atoms with Crippen LogP contribution in [0.1, 0.15) is 18.4 Å². The number of benzene rings is 2. The van der Waals surface area contributed by atoms with Crippen LogP contribution < -0.4 is 19.5 Å². The van der Waals surface area contributed by atoms with Crippen molar-refractivity contribution in [2.45, 2.75) is 19.4 Å². The topological polar surface area (TPSA) is 56.8 Å². The number of hydrogen-bond donors (Lipinski definition) is 1. The number of halogens is 2. The van der Waals surface area contributed by atoms with Crippen LogP contribution in [0.25, 0.3) is 0 Å². The molecule has 0 aliphatic rings. The summed E-state index contributed by atoms with van der Waals surface area (Å²) in [5.41, 5.74) is 0.912. The predicted molar refractivity (Wildman–Crippen MR) is 105 cm³/mol. The third kappa shape index (κ3) is 5.81. The Balaban J connectivity index is 1.77. The number of ether oxygens (including phenoxy) is 3. The van der Waals surface area contributed by atoms with Crippen molar-refractivity contribution in [2.24, 2.45) is 0 Å². The minimum Gasteiger partial charge on any atom is -0.493 e. The Morgan fingerprint density at radius 2 is 1.92 bits per heavy atom. The number of hydrogen-bond acceptors (Lipinski definition) is 4. The maximum atomic E-state index is 12.0. The number of methoxy groups -OCH3 is 2. The van der Waals surface area contributed by atoms with Crippen molar-refractivity contribution in [2.75, 3.05) is 20.8 Å². The number of carbonyl (C=O) groups is 1. The highest BCUT2D eigenvalue weighted by atomic mass is 79.9. The molecular weight excluding hydrogens is 422 g/mol. The Kier molecular flexibility index (Phi) is 8.06. The third-order valence-corrected chi connectivity index (χ3v) is 4.53. The van der Waals surface area contributed by atoms with Gasteiger partial charge in [0.05, 0.1) is 30.3 Å². The molecule has 1 amide bonds. The minimum absolute atomic E-state index is 0.0429. The maximum absolute atomic E-state index is 12.0. The first kappa shape index (κ1) is 20.4. The highest BCUT2D eigenvalue weighted by Crippen LogP contribution is 2.36. The van der Waals surface area contributed by atoms with E-state index in [1.165, 1.54) is 0 Å². The van der Waals surface area contributed by atoms with Gasteiger partial charge in [0.25, 0.3) is 0 Å². The second kappa shape index (κ2) is 10.3. The summed E-state index contributed by atoms with van der Waals surface area (Å²) < 4.78 is 16.9. The minimum atomic E-state index is -0.0429. The van der Waals surface area contributed by atoms with Gasteiger partial charge in [-0.1, -0.05) is 23.7 Å². The standard InChI is InChI=1S/C19H21BrClNO4/c1-24-17-11-13(10-14(20)19(17)25-2)12-22-18(23)8-5-9-26-16-7-4-3-6-15(16)21/h3-4,6-7,10-11H,5,8-9,12H2,1-2H3,(H,22,23). The maximum Gasteiger partial charge on any atom is 0.220 e. The summed E-state index contributed by atoms with van der Waals surface area (Å²) in [4.78, 5) is 12.0. The molecule has 0 heterocycles. The van der Waals surface area contributed by atoms with Crippen LogP contribution in [-0.2, 0) is 11.3 Å². The number of para-hydroxylation sites is 1. The molecule has 0 saturated heterocycles. The zero-order valence-corrected chi connectivity index (χ0v) is 17.0. The second-order valence-electron chi connectivity index (χ2n) is 5.47. The van der Waals surface area contributed by atoms with Gasteiger partial charge in [-0.2, -0.15) is 0 Å². The first-order valence-electron chi connectivity index (χ1n) is 8.09. The molecule has 0 aliphatic carbocycles. The Morgan fingerprint density at radius 1 is 1.15 bits per heavy atom. The van der Waals surface area contributed by atoms with Gasteiger partial charge in [-0.05, 0) is 52.2 Å². The van der Waals surface area contributed by atoms with E-state index >= 15 is 0 Å². The smallest absolute Gasteiger partial charge is 0.220 e. The molecule has 7 heteroatoms. The lowest BCUT2D eigenvalue weighted by molar-refractivity contribution is -0.121. The molecule has 0 radical (unpaired) electrons. The van der Waals surface area contributed by atoms with Crippen LogP contribution in [0.2, 0.25) is 5.02 Å². The van der Waals surface area contributed by atoms with Crippen LogP contribution in [0.4, 0.5) is 0 Å². The van der Waals surface area contributed by atoms with Gasteiger partial charge in [0.2, 0.25) is 5.91 Å². The SMILES string of the molecule is COc1cc(CNC(=O)CCCOc2ccccc2Cl)cc(Br)c1OC. The number of rotatable bonds is 9. The summed E-state index contributed by atoms with van der Waals surface area (Å²) in [5.74, 6) is 1.82. The van der Waals surface area contributed by atoms with Crippen LogP contribution in [0, 0.1) is 0 Å². The van der Waals surface area contributed by atoms with E-state index in [-0.39, 0.29) is 5.91 Å². The van der Waals surface area contributed by atoms with Crippen LogP contribution in [-0.4, -0.2) is 26.7 Å². The van der Waals surface area contributed by atoms with Crippen molar-refractivity contribution >= 4 is 33.4 Å². The first-order chi connectivity index (χ1) is 12.5. The zero-order chi connectivity index (χ0) is 18.9. The lowest BCUT2D eigenvalue weighted by Gasteiger charge is -2.12. The van der Waals surface area contributed by atoms with Crippen LogP contribution in [0.5, 0.6) is 17.2 Å². The highest BCUT2D eigenvalue weighted by Gasteiger charge is 2.11. The van der Waals surface area contributed by atoms with Crippen LogP contribution >= 0.6 is 27.5 Å². The van der Waals surface area contributed by atoms with Gasteiger partial charge in [-0.3, -0.25) is 4.79 Å². The van der Waals surface area contributed by atoms with Gasteiger partial charge < -0.3 is 19.5 Å². The Labute approximate surface area is 166 Å². The van der Waals surface area contributed by atoms with Crippen LogP contribution in [0.3, 0.4) is 0 Å². The molecule has 140 valence electrons. The quantitative estimate of drug-likeness (QED) is 0.577. The van der Waals surface area contributed by atoms with E-state index in [0.717, 1.165) is 10.0 Å². The van der Waals surface area contributed by atoms with Crippen molar-refractivity contribution in [3.8, 4) is 17.2 Å². The average molecular weight is 443 g/mol. The monoisotopic (exact) mass is 441 g/mol. The Morgan fingerprint density at radius 3 is 2.62 bits per heavy atom. The first-order valence-corrected chi connectivity index (χ1v) is 9.26. The van der Waals surface area contributed by atoms with Crippen molar-refractivity contribution in [3.05, 3.63) is 51.5 Å². The summed E-state index contributed by atoms with van der Waals surface area (Å²) in [6.45, 7) is 0.836. The molecule has 0 aromatic heterocycles. The normalized spacial score (nSPS) is 10.3. The van der Waals surface area contributed by atoms with Crippen molar-refractivity contribution in [1.29, 1.82) is 0 Å². The fourth-order valence-electron chi connectivity index (χ4n) is 2.34. The molecule has 2 aromatic rings. The van der Waals surface area contributed by atoms with E-state index in [4.69, 9.17) is 25.8 Å². The molecule has 0 saturated carbocycles. The number of amides is 1. The predicted octanol–water partition coefficient (Wildman–Crippen LogP) is 4.60. The molecule has 0 spiro atoms. The molecule has 5 nitrogen and oxygen atoms in total. The van der Waals surface area contributed by atoms with Gasteiger partial charge >= 0.3 is 0 Å². The van der Waals surface area contributed by atoms with E-state index in [0.29, 0.717) is 48.3 Å². The summed E-state index contributed by atoms with van der Waals surface area (Å²) in [7, 11) is 3.15. The average Bonchev–Trinajstić information content (AvgIpc) is 2.64. The van der Waals surface area contributed by atoms with Crippen LogP contribution in [0.15, 0.2) is 40.9 Å². The Hall–Kier alpha value is -1.92. The van der Waals surface area contributed by atoms with Crippen molar-refractivity contribution in [3.63, 3.8) is 0 Å². The van der Waals surface area contributed by atoms with Gasteiger partial charge in [-0.25, -0.2) is 0 Å². The molecule has 0 aliphatic heterocycles. The highest BCUT2D eigenvalue weighted by molar-refractivity contribution is 9.10. The summed E-state index contributed by atoms with van der Waals surface area (Å²) >= 11 is 9.46.